The molecule has 3 heteroatoms. The van der Waals surface area contributed by atoms with Crippen LogP contribution in [0.5, 0.6) is 0 Å². The first-order valence-electron chi connectivity index (χ1n) is 3.80. The monoisotopic (exact) mass is 188 g/mol. The molecule has 1 aliphatic rings. The fourth-order valence-electron chi connectivity index (χ4n) is 1.59. The van der Waals surface area contributed by atoms with Crippen molar-refractivity contribution in [3.05, 3.63) is 34.9 Å². The molecule has 1 atom stereocenters. The summed E-state index contributed by atoms with van der Waals surface area (Å²) in [5, 5.41) is -0.217. The minimum absolute atomic E-state index is 0.217. The summed E-state index contributed by atoms with van der Waals surface area (Å²) in [5.41, 5.74) is 1.20. The SMILES string of the molecule is Fc1cc(F)c2c(c1)[C@@H](Cl)CC2. The molecule has 0 N–H and O–H groups in total. The van der Waals surface area contributed by atoms with Gasteiger partial charge in [-0.05, 0) is 30.0 Å². The second-order valence-corrected chi connectivity index (χ2v) is 3.49. The average Bonchev–Trinajstić information content (AvgIpc) is 2.33. The van der Waals surface area contributed by atoms with Crippen molar-refractivity contribution in [1.29, 1.82) is 0 Å². The van der Waals surface area contributed by atoms with Crippen LogP contribution in [0.4, 0.5) is 8.78 Å². The van der Waals surface area contributed by atoms with Crippen LogP contribution in [0, 0.1) is 11.6 Å². The fraction of sp³-hybridized carbons (Fsp3) is 0.333. The lowest BCUT2D eigenvalue weighted by Gasteiger charge is -2.02. The third kappa shape index (κ3) is 1.11. The first-order valence-corrected chi connectivity index (χ1v) is 4.24. The third-order valence-corrected chi connectivity index (χ3v) is 2.63. The molecule has 0 unspecified atom stereocenters. The summed E-state index contributed by atoms with van der Waals surface area (Å²) in [7, 11) is 0. The Labute approximate surface area is 74.2 Å². The number of fused-ring (bicyclic) bond motifs is 1. The Hall–Kier alpha value is -0.630. The highest BCUT2D eigenvalue weighted by Gasteiger charge is 2.23. The second kappa shape index (κ2) is 2.70. The summed E-state index contributed by atoms with van der Waals surface area (Å²) in [4.78, 5) is 0. The van der Waals surface area contributed by atoms with Crippen LogP contribution < -0.4 is 0 Å². The Morgan fingerprint density at radius 1 is 1.33 bits per heavy atom. The molecule has 0 heterocycles. The third-order valence-electron chi connectivity index (χ3n) is 2.18. The normalized spacial score (nSPS) is 21.1. The van der Waals surface area contributed by atoms with Crippen molar-refractivity contribution in [2.45, 2.75) is 18.2 Å². The van der Waals surface area contributed by atoms with Gasteiger partial charge in [-0.3, -0.25) is 0 Å². The molecular formula is C9H7ClF2. The van der Waals surface area contributed by atoms with Crippen molar-refractivity contribution < 1.29 is 8.78 Å². The van der Waals surface area contributed by atoms with Gasteiger partial charge in [-0.25, -0.2) is 8.78 Å². The maximum atomic E-state index is 13.0. The molecule has 0 nitrogen and oxygen atoms in total. The molecule has 64 valence electrons. The summed E-state index contributed by atoms with van der Waals surface area (Å²) in [6.07, 6.45) is 1.33. The zero-order valence-electron chi connectivity index (χ0n) is 6.28. The van der Waals surface area contributed by atoms with Crippen LogP contribution in [-0.2, 0) is 6.42 Å². The van der Waals surface area contributed by atoms with E-state index in [0.717, 1.165) is 6.07 Å². The molecule has 0 saturated carbocycles. The topological polar surface area (TPSA) is 0 Å². The van der Waals surface area contributed by atoms with Crippen molar-refractivity contribution in [1.82, 2.24) is 0 Å². The minimum atomic E-state index is -0.543. The predicted molar refractivity (Wildman–Crippen MR) is 43.3 cm³/mol. The van der Waals surface area contributed by atoms with Crippen molar-refractivity contribution >= 4 is 11.6 Å². The second-order valence-electron chi connectivity index (χ2n) is 2.96. The number of hydrogen-bond acceptors (Lipinski definition) is 0. The summed E-state index contributed by atoms with van der Waals surface area (Å²) in [6, 6.07) is 2.23. The highest BCUT2D eigenvalue weighted by molar-refractivity contribution is 6.21. The van der Waals surface area contributed by atoms with Crippen molar-refractivity contribution in [2.75, 3.05) is 0 Å². The van der Waals surface area contributed by atoms with E-state index in [-0.39, 0.29) is 5.38 Å². The fourth-order valence-corrected chi connectivity index (χ4v) is 1.90. The van der Waals surface area contributed by atoms with Crippen LogP contribution in [-0.4, -0.2) is 0 Å². The Balaban J connectivity index is 2.60. The molecule has 0 fully saturated rings. The Morgan fingerprint density at radius 3 is 2.83 bits per heavy atom. The molecule has 2 rings (SSSR count). The highest BCUT2D eigenvalue weighted by Crippen LogP contribution is 2.37. The number of hydrogen-bond donors (Lipinski definition) is 0. The molecule has 0 aliphatic heterocycles. The molecule has 0 amide bonds. The molecule has 0 aromatic heterocycles. The van der Waals surface area contributed by atoms with Crippen LogP contribution in [0.15, 0.2) is 12.1 Å². The van der Waals surface area contributed by atoms with Gasteiger partial charge in [0.2, 0.25) is 0 Å². The zero-order chi connectivity index (χ0) is 8.72. The summed E-state index contributed by atoms with van der Waals surface area (Å²) < 4.78 is 25.7. The van der Waals surface area contributed by atoms with Crippen LogP contribution >= 0.6 is 11.6 Å². The molecule has 12 heavy (non-hydrogen) atoms. The predicted octanol–water partition coefficient (Wildman–Crippen LogP) is 3.19. The smallest absolute Gasteiger partial charge is 0.129 e. The van der Waals surface area contributed by atoms with Crippen LogP contribution in [0.3, 0.4) is 0 Å². The van der Waals surface area contributed by atoms with E-state index in [4.69, 9.17) is 11.6 Å². The van der Waals surface area contributed by atoms with E-state index < -0.39 is 11.6 Å². The van der Waals surface area contributed by atoms with E-state index >= 15 is 0 Å². The Morgan fingerprint density at radius 2 is 2.08 bits per heavy atom. The minimum Gasteiger partial charge on any atom is -0.207 e. The standard InChI is InChI=1S/C9H7ClF2/c10-8-2-1-6-7(8)3-5(11)4-9(6)12/h3-4,8H,1-2H2/t8-/m0/s1. The molecule has 0 radical (unpaired) electrons. The van der Waals surface area contributed by atoms with Crippen molar-refractivity contribution in [2.24, 2.45) is 0 Å². The summed E-state index contributed by atoms with van der Waals surface area (Å²) in [5.74, 6) is -1.01. The van der Waals surface area contributed by atoms with Crippen LogP contribution in [0.1, 0.15) is 22.9 Å². The maximum absolute atomic E-state index is 13.0. The lowest BCUT2D eigenvalue weighted by atomic mass is 10.1. The van der Waals surface area contributed by atoms with Gasteiger partial charge < -0.3 is 0 Å². The van der Waals surface area contributed by atoms with Gasteiger partial charge in [0.15, 0.2) is 0 Å². The maximum Gasteiger partial charge on any atom is 0.129 e. The van der Waals surface area contributed by atoms with Gasteiger partial charge >= 0.3 is 0 Å². The molecule has 1 aromatic carbocycles. The van der Waals surface area contributed by atoms with Crippen molar-refractivity contribution in [3.8, 4) is 0 Å². The lowest BCUT2D eigenvalue weighted by molar-refractivity contribution is 0.574. The van der Waals surface area contributed by atoms with Gasteiger partial charge in [-0.1, -0.05) is 0 Å². The van der Waals surface area contributed by atoms with Gasteiger partial charge in [0.05, 0.1) is 5.38 Å². The zero-order valence-corrected chi connectivity index (χ0v) is 7.04. The van der Waals surface area contributed by atoms with E-state index in [1.165, 1.54) is 6.07 Å². The van der Waals surface area contributed by atoms with E-state index in [2.05, 4.69) is 0 Å². The lowest BCUT2D eigenvalue weighted by Crippen LogP contribution is -1.91. The van der Waals surface area contributed by atoms with Crippen molar-refractivity contribution in [3.63, 3.8) is 0 Å². The number of rotatable bonds is 0. The summed E-state index contributed by atoms with van der Waals surface area (Å²) >= 11 is 5.85. The first-order chi connectivity index (χ1) is 5.68. The molecule has 0 spiro atoms. The van der Waals surface area contributed by atoms with Gasteiger partial charge in [-0.15, -0.1) is 11.6 Å². The largest absolute Gasteiger partial charge is 0.207 e. The van der Waals surface area contributed by atoms with Crippen LogP contribution in [0.25, 0.3) is 0 Å². The van der Waals surface area contributed by atoms with E-state index in [1.54, 1.807) is 0 Å². The van der Waals surface area contributed by atoms with Gasteiger partial charge in [0.25, 0.3) is 0 Å². The average molecular weight is 189 g/mol. The van der Waals surface area contributed by atoms with Crippen LogP contribution in [0.2, 0.25) is 0 Å². The number of halogens is 3. The molecule has 0 bridgehead atoms. The van der Waals surface area contributed by atoms with E-state index in [1.807, 2.05) is 0 Å². The van der Waals surface area contributed by atoms with E-state index in [9.17, 15) is 8.78 Å². The quantitative estimate of drug-likeness (QED) is 0.549. The Bertz CT molecular complexity index is 323. The first kappa shape index (κ1) is 7.99. The number of alkyl halides is 1. The number of benzene rings is 1. The molecular weight excluding hydrogens is 182 g/mol. The molecule has 1 aliphatic carbocycles. The van der Waals surface area contributed by atoms with E-state index in [0.29, 0.717) is 24.0 Å². The molecule has 0 saturated heterocycles. The Kier molecular flexibility index (Phi) is 1.80. The summed E-state index contributed by atoms with van der Waals surface area (Å²) in [6.45, 7) is 0. The van der Waals surface area contributed by atoms with Gasteiger partial charge in [0, 0.05) is 6.07 Å². The van der Waals surface area contributed by atoms with Gasteiger partial charge in [0.1, 0.15) is 11.6 Å². The molecule has 1 aromatic rings. The highest BCUT2D eigenvalue weighted by atomic mass is 35.5. The van der Waals surface area contributed by atoms with Gasteiger partial charge in [-0.2, -0.15) is 0 Å².